The molecule has 1 fully saturated rings. The van der Waals surface area contributed by atoms with Crippen LogP contribution in [0.4, 0.5) is 0 Å². The summed E-state index contributed by atoms with van der Waals surface area (Å²) in [6, 6.07) is 2.51. The molecule has 1 heteroatoms. The zero-order chi connectivity index (χ0) is 9.57. The van der Waals surface area contributed by atoms with Crippen LogP contribution in [-0.2, 0) is 0 Å². The molecule has 1 rings (SSSR count). The van der Waals surface area contributed by atoms with Gasteiger partial charge in [-0.25, -0.2) is 0 Å². The fourth-order valence-electron chi connectivity index (χ4n) is 2.18. The predicted octanol–water partition coefficient (Wildman–Crippen LogP) is 3.26. The molecule has 0 unspecified atom stereocenters. The van der Waals surface area contributed by atoms with Crippen LogP contribution in [0.1, 0.15) is 51.4 Å². The first-order chi connectivity index (χ1) is 6.33. The third-order valence-corrected chi connectivity index (χ3v) is 3.02. The van der Waals surface area contributed by atoms with Gasteiger partial charge in [-0.2, -0.15) is 5.26 Å². The minimum Gasteiger partial charge on any atom is -0.198 e. The van der Waals surface area contributed by atoms with Gasteiger partial charge in [-0.15, -0.1) is 12.3 Å². The third-order valence-electron chi connectivity index (χ3n) is 3.02. The van der Waals surface area contributed by atoms with Crippen LogP contribution in [0.25, 0.3) is 0 Å². The van der Waals surface area contributed by atoms with Gasteiger partial charge < -0.3 is 0 Å². The highest BCUT2D eigenvalue weighted by atomic mass is 14.4. The van der Waals surface area contributed by atoms with E-state index in [9.17, 15) is 0 Å². The number of unbranched alkanes of at least 4 members (excludes halogenated alkanes) is 1. The Morgan fingerprint density at radius 1 is 1.23 bits per heavy atom. The lowest BCUT2D eigenvalue weighted by Gasteiger charge is -2.30. The van der Waals surface area contributed by atoms with Crippen LogP contribution in [0.2, 0.25) is 0 Å². The highest BCUT2D eigenvalue weighted by molar-refractivity contribution is 5.00. The van der Waals surface area contributed by atoms with Crippen LogP contribution in [0.3, 0.4) is 0 Å². The molecule has 0 aromatic carbocycles. The van der Waals surface area contributed by atoms with E-state index in [1.165, 1.54) is 19.3 Å². The van der Waals surface area contributed by atoms with Gasteiger partial charge in [0.05, 0.1) is 11.5 Å². The molecule has 0 atom stereocenters. The van der Waals surface area contributed by atoms with E-state index >= 15 is 0 Å². The second-order valence-corrected chi connectivity index (χ2v) is 4.01. The zero-order valence-electron chi connectivity index (χ0n) is 8.18. The van der Waals surface area contributed by atoms with Crippen molar-refractivity contribution in [1.82, 2.24) is 0 Å². The Hall–Kier alpha value is -0.950. The molecular weight excluding hydrogens is 158 g/mol. The fraction of sp³-hybridized carbons (Fsp3) is 0.750. The lowest BCUT2D eigenvalue weighted by atomic mass is 9.72. The van der Waals surface area contributed by atoms with Crippen molar-refractivity contribution in [1.29, 1.82) is 5.26 Å². The van der Waals surface area contributed by atoms with Gasteiger partial charge in [0.25, 0.3) is 0 Å². The zero-order valence-corrected chi connectivity index (χ0v) is 8.18. The summed E-state index contributed by atoms with van der Waals surface area (Å²) in [6.45, 7) is 0. The van der Waals surface area contributed by atoms with Crippen molar-refractivity contribution >= 4 is 0 Å². The Balaban J connectivity index is 2.40. The molecule has 0 N–H and O–H groups in total. The van der Waals surface area contributed by atoms with E-state index in [2.05, 4.69) is 12.0 Å². The minimum atomic E-state index is -0.0187. The van der Waals surface area contributed by atoms with Crippen LogP contribution in [0.15, 0.2) is 0 Å². The van der Waals surface area contributed by atoms with E-state index in [0.717, 1.165) is 32.1 Å². The van der Waals surface area contributed by atoms with Crippen molar-refractivity contribution in [2.75, 3.05) is 0 Å². The molecule has 0 bridgehead atoms. The summed E-state index contributed by atoms with van der Waals surface area (Å²) in [5.41, 5.74) is -0.0187. The van der Waals surface area contributed by atoms with Gasteiger partial charge in [0.15, 0.2) is 0 Å². The maximum absolute atomic E-state index is 9.14. The molecule has 13 heavy (non-hydrogen) atoms. The van der Waals surface area contributed by atoms with Gasteiger partial charge in [-0.05, 0) is 25.7 Å². The smallest absolute Gasteiger partial charge is 0.0689 e. The minimum absolute atomic E-state index is 0.0187. The molecule has 0 spiro atoms. The molecular formula is C12H17N. The molecule has 70 valence electrons. The second kappa shape index (κ2) is 4.93. The second-order valence-electron chi connectivity index (χ2n) is 4.01. The first kappa shape index (κ1) is 10.1. The van der Waals surface area contributed by atoms with Crippen LogP contribution >= 0.6 is 0 Å². The van der Waals surface area contributed by atoms with Crippen LogP contribution in [0, 0.1) is 29.1 Å². The Morgan fingerprint density at radius 2 is 1.92 bits per heavy atom. The lowest BCUT2D eigenvalue weighted by molar-refractivity contribution is 0.245. The number of nitriles is 1. The van der Waals surface area contributed by atoms with Gasteiger partial charge >= 0.3 is 0 Å². The first-order valence-corrected chi connectivity index (χ1v) is 5.18. The number of hydrogen-bond acceptors (Lipinski definition) is 1. The maximum Gasteiger partial charge on any atom is 0.0689 e. The summed E-state index contributed by atoms with van der Waals surface area (Å²) in [6.07, 6.45) is 14.0. The van der Waals surface area contributed by atoms with E-state index in [1.807, 2.05) is 0 Å². The molecule has 1 saturated carbocycles. The highest BCUT2D eigenvalue weighted by Crippen LogP contribution is 2.39. The largest absolute Gasteiger partial charge is 0.198 e. The van der Waals surface area contributed by atoms with Crippen molar-refractivity contribution in [3.63, 3.8) is 0 Å². The Labute approximate surface area is 81.1 Å². The van der Waals surface area contributed by atoms with Crippen molar-refractivity contribution in [2.45, 2.75) is 51.4 Å². The topological polar surface area (TPSA) is 23.8 Å². The van der Waals surface area contributed by atoms with Gasteiger partial charge in [-0.3, -0.25) is 0 Å². The number of rotatable bonds is 3. The Bertz CT molecular complexity index is 222. The molecule has 0 radical (unpaired) electrons. The maximum atomic E-state index is 9.14. The van der Waals surface area contributed by atoms with Gasteiger partial charge in [0.2, 0.25) is 0 Å². The van der Waals surface area contributed by atoms with Crippen molar-refractivity contribution in [2.24, 2.45) is 5.41 Å². The van der Waals surface area contributed by atoms with Gasteiger partial charge in [0, 0.05) is 6.42 Å². The average Bonchev–Trinajstić information content (AvgIpc) is 2.20. The van der Waals surface area contributed by atoms with Gasteiger partial charge in [0.1, 0.15) is 0 Å². The van der Waals surface area contributed by atoms with E-state index in [4.69, 9.17) is 11.7 Å². The summed E-state index contributed by atoms with van der Waals surface area (Å²) in [5, 5.41) is 9.14. The number of hydrogen-bond donors (Lipinski definition) is 0. The quantitative estimate of drug-likeness (QED) is 0.477. The summed E-state index contributed by atoms with van der Waals surface area (Å²) in [4.78, 5) is 0. The van der Waals surface area contributed by atoms with Crippen molar-refractivity contribution < 1.29 is 0 Å². The van der Waals surface area contributed by atoms with Crippen LogP contribution < -0.4 is 0 Å². The van der Waals surface area contributed by atoms with E-state index in [1.54, 1.807) is 0 Å². The first-order valence-electron chi connectivity index (χ1n) is 5.18. The molecule has 1 aliphatic rings. The number of nitrogens with zero attached hydrogens (tertiary/aromatic N) is 1. The SMILES string of the molecule is C#CCCCC1(C#N)CCCCC1. The van der Waals surface area contributed by atoms with Crippen LogP contribution in [0.5, 0.6) is 0 Å². The van der Waals surface area contributed by atoms with Gasteiger partial charge in [-0.1, -0.05) is 19.3 Å². The number of terminal acetylenes is 1. The predicted molar refractivity (Wildman–Crippen MR) is 53.8 cm³/mol. The van der Waals surface area contributed by atoms with Crippen molar-refractivity contribution in [3.8, 4) is 18.4 Å². The molecule has 0 aromatic rings. The molecule has 0 aliphatic heterocycles. The van der Waals surface area contributed by atoms with Crippen molar-refractivity contribution in [3.05, 3.63) is 0 Å². The summed E-state index contributed by atoms with van der Waals surface area (Å²) in [5.74, 6) is 2.64. The van der Waals surface area contributed by atoms with Crippen LogP contribution in [-0.4, -0.2) is 0 Å². The lowest BCUT2D eigenvalue weighted by Crippen LogP contribution is -2.21. The molecule has 0 saturated heterocycles. The summed E-state index contributed by atoms with van der Waals surface area (Å²) < 4.78 is 0. The third kappa shape index (κ3) is 2.78. The molecule has 0 heterocycles. The molecule has 1 aliphatic carbocycles. The monoisotopic (exact) mass is 175 g/mol. The molecule has 1 nitrogen and oxygen atoms in total. The average molecular weight is 175 g/mol. The fourth-order valence-corrected chi connectivity index (χ4v) is 2.18. The normalized spacial score (nSPS) is 20.2. The summed E-state index contributed by atoms with van der Waals surface area (Å²) >= 11 is 0. The van der Waals surface area contributed by atoms with E-state index in [0.29, 0.717) is 0 Å². The summed E-state index contributed by atoms with van der Waals surface area (Å²) in [7, 11) is 0. The standard InChI is InChI=1S/C12H17N/c1-2-3-5-8-12(11-13)9-6-4-7-10-12/h1H,3-10H2. The Morgan fingerprint density at radius 3 is 2.46 bits per heavy atom. The van der Waals surface area contributed by atoms with E-state index in [-0.39, 0.29) is 5.41 Å². The van der Waals surface area contributed by atoms with E-state index < -0.39 is 0 Å². The molecule has 0 amide bonds. The Kier molecular flexibility index (Phi) is 3.84. The molecule has 0 aromatic heterocycles. The highest BCUT2D eigenvalue weighted by Gasteiger charge is 2.30.